The molecule has 4 aromatic rings. The number of rotatable bonds is 5. The first-order chi connectivity index (χ1) is 15.1. The van der Waals surface area contributed by atoms with Crippen molar-refractivity contribution in [2.75, 3.05) is 11.9 Å². The summed E-state index contributed by atoms with van der Waals surface area (Å²) in [7, 11) is 1.77. The minimum Gasteiger partial charge on any atom is -0.317 e. The third-order valence-electron chi connectivity index (χ3n) is 6.06. The summed E-state index contributed by atoms with van der Waals surface area (Å²) in [6.45, 7) is 0. The molecule has 3 heterocycles. The van der Waals surface area contributed by atoms with Crippen LogP contribution in [0.3, 0.4) is 0 Å². The van der Waals surface area contributed by atoms with Crippen LogP contribution >= 0.6 is 11.6 Å². The number of pyridine rings is 1. The molecule has 0 aliphatic carbocycles. The molecule has 0 saturated carbocycles. The molecule has 1 aliphatic heterocycles. The van der Waals surface area contributed by atoms with E-state index in [0.717, 1.165) is 22.5 Å². The fourth-order valence-corrected chi connectivity index (χ4v) is 4.66. The number of carbonyl (C=O) groups is 1. The second-order valence-electron chi connectivity index (χ2n) is 7.67. The Kier molecular flexibility index (Phi) is 4.83. The number of benzene rings is 2. The third-order valence-corrected chi connectivity index (χ3v) is 6.31. The minimum absolute atomic E-state index is 0.0121. The van der Waals surface area contributed by atoms with Crippen molar-refractivity contribution in [1.82, 2.24) is 14.5 Å². The summed E-state index contributed by atoms with van der Waals surface area (Å²) < 4.78 is 2.19. The van der Waals surface area contributed by atoms with Gasteiger partial charge in [0.1, 0.15) is 11.6 Å². The van der Waals surface area contributed by atoms with Gasteiger partial charge in [0.2, 0.25) is 5.91 Å². The van der Waals surface area contributed by atoms with Gasteiger partial charge < -0.3 is 4.57 Å². The van der Waals surface area contributed by atoms with Crippen LogP contribution in [0.4, 0.5) is 5.82 Å². The molecular weight excluding hydrogens is 408 g/mol. The molecule has 1 aliphatic rings. The van der Waals surface area contributed by atoms with E-state index in [0.29, 0.717) is 23.7 Å². The Morgan fingerprint density at radius 2 is 1.77 bits per heavy atom. The zero-order chi connectivity index (χ0) is 21.4. The van der Waals surface area contributed by atoms with Crippen molar-refractivity contribution in [3.8, 4) is 11.4 Å². The SMILES string of the molecule is CN(C(=O)CCC1(c2ccc(Cl)cc2)c2ccccc2-c2nccn21)c1ccccn1. The van der Waals surface area contributed by atoms with Gasteiger partial charge in [-0.1, -0.05) is 54.1 Å². The number of nitrogens with zero attached hydrogens (tertiary/aromatic N) is 4. The Balaban J connectivity index is 1.57. The van der Waals surface area contributed by atoms with E-state index in [2.05, 4.69) is 26.7 Å². The zero-order valence-electron chi connectivity index (χ0n) is 17.1. The van der Waals surface area contributed by atoms with E-state index >= 15 is 0 Å². The van der Waals surface area contributed by atoms with Crippen molar-refractivity contribution in [3.63, 3.8) is 0 Å². The standard InChI is InChI=1S/C25H21ClN4O/c1-29(22-8-4-5-15-27-22)23(31)13-14-25(18-9-11-19(26)12-10-18)21-7-3-2-6-20(21)24-28-16-17-30(24)25/h2-12,15-17H,13-14H2,1H3. The van der Waals surface area contributed by atoms with Crippen molar-refractivity contribution in [3.05, 3.63) is 101 Å². The zero-order valence-corrected chi connectivity index (χ0v) is 17.8. The molecule has 1 unspecified atom stereocenters. The summed E-state index contributed by atoms with van der Waals surface area (Å²) in [6.07, 6.45) is 6.45. The van der Waals surface area contributed by atoms with Crippen LogP contribution in [0.15, 0.2) is 85.3 Å². The lowest BCUT2D eigenvalue weighted by molar-refractivity contribution is -0.118. The monoisotopic (exact) mass is 428 g/mol. The van der Waals surface area contributed by atoms with Crippen LogP contribution < -0.4 is 4.90 Å². The Bertz CT molecular complexity index is 1240. The minimum atomic E-state index is -0.534. The Morgan fingerprint density at radius 3 is 2.55 bits per heavy atom. The number of hydrogen-bond acceptors (Lipinski definition) is 3. The highest BCUT2D eigenvalue weighted by Gasteiger charge is 2.44. The Hall–Kier alpha value is -3.44. The summed E-state index contributed by atoms with van der Waals surface area (Å²) in [5.74, 6) is 1.57. The number of carbonyl (C=O) groups excluding carboxylic acids is 1. The highest BCUT2D eigenvalue weighted by atomic mass is 35.5. The van der Waals surface area contributed by atoms with Crippen molar-refractivity contribution in [2.24, 2.45) is 0 Å². The average molecular weight is 429 g/mol. The van der Waals surface area contributed by atoms with Crippen molar-refractivity contribution in [2.45, 2.75) is 18.4 Å². The van der Waals surface area contributed by atoms with Crippen molar-refractivity contribution in [1.29, 1.82) is 0 Å². The molecule has 5 rings (SSSR count). The molecule has 31 heavy (non-hydrogen) atoms. The first-order valence-corrected chi connectivity index (χ1v) is 10.6. The number of imidazole rings is 1. The van der Waals surface area contributed by atoms with Crippen molar-refractivity contribution < 1.29 is 4.79 Å². The van der Waals surface area contributed by atoms with Crippen molar-refractivity contribution >= 4 is 23.3 Å². The molecule has 0 bridgehead atoms. The van der Waals surface area contributed by atoms with E-state index in [1.54, 1.807) is 18.1 Å². The van der Waals surface area contributed by atoms with E-state index in [9.17, 15) is 4.79 Å². The van der Waals surface area contributed by atoms with E-state index < -0.39 is 5.54 Å². The highest BCUT2D eigenvalue weighted by Crippen LogP contribution is 2.49. The molecule has 1 amide bonds. The molecule has 154 valence electrons. The van der Waals surface area contributed by atoms with E-state index in [1.165, 1.54) is 0 Å². The smallest absolute Gasteiger partial charge is 0.227 e. The fraction of sp³-hybridized carbons (Fsp3) is 0.160. The molecule has 0 fully saturated rings. The van der Waals surface area contributed by atoms with E-state index in [-0.39, 0.29) is 5.91 Å². The predicted molar refractivity (Wildman–Crippen MR) is 122 cm³/mol. The highest BCUT2D eigenvalue weighted by molar-refractivity contribution is 6.30. The first-order valence-electron chi connectivity index (χ1n) is 10.2. The van der Waals surface area contributed by atoms with Gasteiger partial charge in [0.05, 0.1) is 5.54 Å². The molecule has 0 N–H and O–H groups in total. The maximum Gasteiger partial charge on any atom is 0.227 e. The number of hydrogen-bond donors (Lipinski definition) is 0. The topological polar surface area (TPSA) is 51.0 Å². The summed E-state index contributed by atoms with van der Waals surface area (Å²) in [5, 5.41) is 0.682. The maximum atomic E-state index is 13.1. The van der Waals surface area contributed by atoms with Gasteiger partial charge in [0.25, 0.3) is 0 Å². The third kappa shape index (κ3) is 3.13. The van der Waals surface area contributed by atoms with Gasteiger partial charge >= 0.3 is 0 Å². The van der Waals surface area contributed by atoms with E-state index in [4.69, 9.17) is 11.6 Å². The number of halogens is 1. The second-order valence-corrected chi connectivity index (χ2v) is 8.11. The molecule has 6 heteroatoms. The average Bonchev–Trinajstić information content (AvgIpc) is 3.39. The molecule has 1 atom stereocenters. The number of anilines is 1. The van der Waals surface area contributed by atoms with Crippen LogP contribution in [-0.2, 0) is 10.3 Å². The van der Waals surface area contributed by atoms with E-state index in [1.807, 2.05) is 67.0 Å². The van der Waals surface area contributed by atoms with Crippen LogP contribution in [0.25, 0.3) is 11.4 Å². The van der Waals surface area contributed by atoms with Crippen LogP contribution in [-0.4, -0.2) is 27.5 Å². The molecule has 0 spiro atoms. The molecule has 2 aromatic carbocycles. The summed E-state index contributed by atoms with van der Waals surface area (Å²) in [5.41, 5.74) is 2.78. The maximum absolute atomic E-state index is 13.1. The fourth-order valence-electron chi connectivity index (χ4n) is 4.53. The molecule has 2 aromatic heterocycles. The van der Waals surface area contributed by atoms with Crippen LogP contribution in [0, 0.1) is 0 Å². The quantitative estimate of drug-likeness (QED) is 0.442. The van der Waals surface area contributed by atoms with Gasteiger partial charge in [-0.15, -0.1) is 0 Å². The van der Waals surface area contributed by atoms with Gasteiger partial charge in [0.15, 0.2) is 0 Å². The lowest BCUT2D eigenvalue weighted by Crippen LogP contribution is -2.36. The first kappa shape index (κ1) is 19.5. The molecule has 5 nitrogen and oxygen atoms in total. The van der Waals surface area contributed by atoms with Gasteiger partial charge in [-0.2, -0.15) is 0 Å². The molecule has 0 radical (unpaired) electrons. The van der Waals surface area contributed by atoms with Crippen LogP contribution in [0.2, 0.25) is 5.02 Å². The molecular formula is C25H21ClN4O. The largest absolute Gasteiger partial charge is 0.317 e. The van der Waals surface area contributed by atoms with Gasteiger partial charge in [-0.25, -0.2) is 9.97 Å². The summed E-state index contributed by atoms with van der Waals surface area (Å²) >= 11 is 6.19. The lowest BCUT2D eigenvalue weighted by atomic mass is 9.79. The summed E-state index contributed by atoms with van der Waals surface area (Å²) in [4.78, 5) is 23.7. The van der Waals surface area contributed by atoms with Crippen LogP contribution in [0.1, 0.15) is 24.0 Å². The lowest BCUT2D eigenvalue weighted by Gasteiger charge is -2.34. The Morgan fingerprint density at radius 1 is 1.00 bits per heavy atom. The summed E-state index contributed by atoms with van der Waals surface area (Å²) in [6, 6.07) is 21.7. The van der Waals surface area contributed by atoms with Crippen LogP contribution in [0.5, 0.6) is 0 Å². The number of fused-ring (bicyclic) bond motifs is 3. The Labute approximate surface area is 186 Å². The van der Waals surface area contributed by atoms with Gasteiger partial charge in [-0.05, 0) is 41.8 Å². The normalized spacial score (nSPS) is 16.6. The number of amides is 1. The molecule has 0 saturated heterocycles. The van der Waals surface area contributed by atoms with Gasteiger partial charge in [0, 0.05) is 42.6 Å². The van der Waals surface area contributed by atoms with Gasteiger partial charge in [-0.3, -0.25) is 9.69 Å². The number of aromatic nitrogens is 3. The predicted octanol–water partition coefficient (Wildman–Crippen LogP) is 5.15. The second kappa shape index (κ2) is 7.67.